The number of hydrogen-bond acceptors (Lipinski definition) is 3. The Balaban J connectivity index is 3.97. The van der Waals surface area contributed by atoms with Gasteiger partial charge in [0.05, 0.1) is 12.0 Å². The van der Waals surface area contributed by atoms with Gasteiger partial charge in [0.25, 0.3) is 0 Å². The van der Waals surface area contributed by atoms with Crippen LogP contribution in [0, 0.1) is 0 Å². The van der Waals surface area contributed by atoms with Crippen LogP contribution in [0.5, 0.6) is 0 Å². The summed E-state index contributed by atoms with van der Waals surface area (Å²) >= 11 is 0. The van der Waals surface area contributed by atoms with Crippen LogP contribution >= 0.6 is 0 Å². The summed E-state index contributed by atoms with van der Waals surface area (Å²) in [4.78, 5) is 23.6. The minimum absolute atomic E-state index is 0.0732. The Morgan fingerprint density at radius 3 is 2.44 bits per heavy atom. The molecular weight excluding hydrogens is 236 g/mol. The molecular formula is C12H24N2O4. The van der Waals surface area contributed by atoms with E-state index >= 15 is 0 Å². The Morgan fingerprint density at radius 2 is 1.94 bits per heavy atom. The molecule has 2 amide bonds. The van der Waals surface area contributed by atoms with Crippen LogP contribution in [0.3, 0.4) is 0 Å². The zero-order chi connectivity index (χ0) is 14.2. The number of nitrogens with zero attached hydrogens (tertiary/aromatic N) is 1. The maximum absolute atomic E-state index is 11.6. The fraction of sp³-hybridized carbons (Fsp3) is 0.833. The van der Waals surface area contributed by atoms with Crippen molar-refractivity contribution in [1.82, 2.24) is 10.2 Å². The first kappa shape index (κ1) is 16.7. The van der Waals surface area contributed by atoms with Crippen molar-refractivity contribution in [2.24, 2.45) is 0 Å². The summed E-state index contributed by atoms with van der Waals surface area (Å²) < 4.78 is 0. The number of unbranched alkanes of at least 4 members (excludes halogenated alkanes) is 2. The van der Waals surface area contributed by atoms with E-state index in [1.165, 1.54) is 11.8 Å². The number of amides is 2. The topological polar surface area (TPSA) is 89.9 Å². The summed E-state index contributed by atoms with van der Waals surface area (Å²) in [5.74, 6) is -1.09. The molecule has 0 aromatic rings. The second kappa shape index (κ2) is 7.92. The number of carbonyl (C=O) groups is 2. The van der Waals surface area contributed by atoms with Gasteiger partial charge in [-0.3, -0.25) is 4.79 Å². The van der Waals surface area contributed by atoms with E-state index in [0.29, 0.717) is 6.54 Å². The molecule has 0 fully saturated rings. The van der Waals surface area contributed by atoms with E-state index in [-0.39, 0.29) is 12.6 Å². The van der Waals surface area contributed by atoms with Crippen molar-refractivity contribution in [1.29, 1.82) is 0 Å². The van der Waals surface area contributed by atoms with Gasteiger partial charge in [-0.05, 0) is 13.3 Å². The molecule has 106 valence electrons. The van der Waals surface area contributed by atoms with Gasteiger partial charge in [0, 0.05) is 20.1 Å². The van der Waals surface area contributed by atoms with Gasteiger partial charge >= 0.3 is 12.0 Å². The van der Waals surface area contributed by atoms with Crippen LogP contribution < -0.4 is 5.32 Å². The third-order valence-corrected chi connectivity index (χ3v) is 2.60. The SMILES string of the molecule is CCCCCN(C)C(=O)NCC(C)(O)CC(=O)O. The van der Waals surface area contributed by atoms with Crippen molar-refractivity contribution in [3.63, 3.8) is 0 Å². The van der Waals surface area contributed by atoms with Crippen molar-refractivity contribution in [2.75, 3.05) is 20.1 Å². The van der Waals surface area contributed by atoms with Gasteiger partial charge in [-0.15, -0.1) is 0 Å². The number of carboxylic acids is 1. The first-order chi connectivity index (χ1) is 8.28. The number of aliphatic carboxylic acids is 1. The maximum Gasteiger partial charge on any atom is 0.317 e. The molecule has 0 saturated heterocycles. The van der Waals surface area contributed by atoms with Crippen molar-refractivity contribution >= 4 is 12.0 Å². The van der Waals surface area contributed by atoms with E-state index < -0.39 is 18.0 Å². The molecule has 3 N–H and O–H groups in total. The fourth-order valence-corrected chi connectivity index (χ4v) is 1.49. The number of urea groups is 1. The molecule has 0 aliphatic rings. The first-order valence-electron chi connectivity index (χ1n) is 6.21. The van der Waals surface area contributed by atoms with Crippen LogP contribution in [0.25, 0.3) is 0 Å². The highest BCUT2D eigenvalue weighted by Gasteiger charge is 2.25. The molecule has 0 saturated carbocycles. The van der Waals surface area contributed by atoms with E-state index in [4.69, 9.17) is 5.11 Å². The minimum atomic E-state index is -1.42. The Hall–Kier alpha value is -1.30. The standard InChI is InChI=1S/C12H24N2O4/c1-4-5-6-7-14(3)11(17)13-9-12(2,18)8-10(15)16/h18H,4-9H2,1-3H3,(H,13,17)(H,15,16). The lowest BCUT2D eigenvalue weighted by Gasteiger charge is -2.24. The van der Waals surface area contributed by atoms with E-state index in [2.05, 4.69) is 12.2 Å². The van der Waals surface area contributed by atoms with Crippen molar-refractivity contribution < 1.29 is 19.8 Å². The normalized spacial score (nSPS) is 13.8. The summed E-state index contributed by atoms with van der Waals surface area (Å²) in [7, 11) is 1.68. The van der Waals surface area contributed by atoms with Crippen LogP contribution in [0.2, 0.25) is 0 Å². The van der Waals surface area contributed by atoms with Crippen LogP contribution in [-0.2, 0) is 4.79 Å². The quantitative estimate of drug-likeness (QED) is 0.569. The lowest BCUT2D eigenvalue weighted by molar-refractivity contribution is -0.141. The van der Waals surface area contributed by atoms with E-state index in [1.54, 1.807) is 7.05 Å². The third kappa shape index (κ3) is 7.89. The van der Waals surface area contributed by atoms with Gasteiger partial charge < -0.3 is 20.4 Å². The van der Waals surface area contributed by atoms with Crippen LogP contribution in [-0.4, -0.2) is 52.9 Å². The number of aliphatic hydroxyl groups is 1. The lowest BCUT2D eigenvalue weighted by Crippen LogP contribution is -2.46. The zero-order valence-corrected chi connectivity index (χ0v) is 11.4. The molecule has 6 nitrogen and oxygen atoms in total. The summed E-state index contributed by atoms with van der Waals surface area (Å²) in [6, 6.07) is -0.295. The first-order valence-corrected chi connectivity index (χ1v) is 6.21. The van der Waals surface area contributed by atoms with Crippen LogP contribution in [0.4, 0.5) is 4.79 Å². The second-order valence-corrected chi connectivity index (χ2v) is 4.85. The highest BCUT2D eigenvalue weighted by Crippen LogP contribution is 2.07. The van der Waals surface area contributed by atoms with Gasteiger partial charge in [0.1, 0.15) is 0 Å². The number of nitrogens with one attached hydrogen (secondary N) is 1. The molecule has 1 unspecified atom stereocenters. The summed E-state index contributed by atoms with van der Waals surface area (Å²) in [6.07, 6.45) is 2.69. The second-order valence-electron chi connectivity index (χ2n) is 4.85. The number of rotatable bonds is 8. The monoisotopic (exact) mass is 260 g/mol. The minimum Gasteiger partial charge on any atom is -0.481 e. The predicted molar refractivity (Wildman–Crippen MR) is 68.4 cm³/mol. The summed E-state index contributed by atoms with van der Waals surface area (Å²) in [6.45, 7) is 4.05. The van der Waals surface area contributed by atoms with E-state index in [9.17, 15) is 14.7 Å². The molecule has 1 atom stereocenters. The Bertz CT molecular complexity index is 279. The molecule has 0 aromatic heterocycles. The van der Waals surface area contributed by atoms with Crippen LogP contribution in [0.15, 0.2) is 0 Å². The van der Waals surface area contributed by atoms with Gasteiger partial charge in [-0.25, -0.2) is 4.79 Å². The van der Waals surface area contributed by atoms with Crippen molar-refractivity contribution in [2.45, 2.75) is 45.1 Å². The number of hydrogen-bond donors (Lipinski definition) is 3. The highest BCUT2D eigenvalue weighted by atomic mass is 16.4. The van der Waals surface area contributed by atoms with Crippen molar-refractivity contribution in [3.8, 4) is 0 Å². The third-order valence-electron chi connectivity index (χ3n) is 2.60. The van der Waals surface area contributed by atoms with Crippen LogP contribution in [0.1, 0.15) is 39.5 Å². The largest absolute Gasteiger partial charge is 0.481 e. The molecule has 6 heteroatoms. The van der Waals surface area contributed by atoms with Gasteiger partial charge in [-0.2, -0.15) is 0 Å². The number of carbonyl (C=O) groups excluding carboxylic acids is 1. The lowest BCUT2D eigenvalue weighted by atomic mass is 10.0. The highest BCUT2D eigenvalue weighted by molar-refractivity contribution is 5.74. The summed E-state index contributed by atoms with van der Waals surface area (Å²) in [5, 5.41) is 20.8. The van der Waals surface area contributed by atoms with E-state index in [0.717, 1.165) is 19.3 Å². The smallest absolute Gasteiger partial charge is 0.317 e. The molecule has 0 aliphatic carbocycles. The molecule has 0 rings (SSSR count). The molecule has 0 spiro atoms. The Morgan fingerprint density at radius 1 is 1.33 bits per heavy atom. The molecule has 0 heterocycles. The Labute approximate surface area is 108 Å². The summed E-state index contributed by atoms with van der Waals surface area (Å²) in [5.41, 5.74) is -1.42. The molecule has 0 aliphatic heterocycles. The predicted octanol–water partition coefficient (Wildman–Crippen LogP) is 1.04. The maximum atomic E-state index is 11.6. The molecule has 0 bridgehead atoms. The van der Waals surface area contributed by atoms with Gasteiger partial charge in [-0.1, -0.05) is 19.8 Å². The molecule has 18 heavy (non-hydrogen) atoms. The number of carboxylic acid groups (broad SMARTS) is 1. The fourth-order valence-electron chi connectivity index (χ4n) is 1.49. The Kier molecular flexibility index (Phi) is 7.35. The molecule has 0 aromatic carbocycles. The van der Waals surface area contributed by atoms with Gasteiger partial charge in [0.2, 0.25) is 0 Å². The molecule has 0 radical (unpaired) electrons. The van der Waals surface area contributed by atoms with E-state index in [1.807, 2.05) is 0 Å². The zero-order valence-electron chi connectivity index (χ0n) is 11.4. The average molecular weight is 260 g/mol. The van der Waals surface area contributed by atoms with Gasteiger partial charge in [0.15, 0.2) is 0 Å². The average Bonchev–Trinajstić information content (AvgIpc) is 2.24. The van der Waals surface area contributed by atoms with Crippen molar-refractivity contribution in [3.05, 3.63) is 0 Å².